The highest BCUT2D eigenvalue weighted by atomic mass is 16.5. The Balaban J connectivity index is 1.78. The number of likely N-dealkylation sites (N-methyl/N-ethyl adjacent to an activating group) is 1. The van der Waals surface area contributed by atoms with Crippen LogP contribution in [0.5, 0.6) is 0 Å². The molecule has 0 aromatic carbocycles. The van der Waals surface area contributed by atoms with Gasteiger partial charge in [-0.05, 0) is 25.2 Å². The molecule has 5 heteroatoms. The summed E-state index contributed by atoms with van der Waals surface area (Å²) in [5.41, 5.74) is 0. The van der Waals surface area contributed by atoms with Gasteiger partial charge < -0.3 is 20.1 Å². The third-order valence-electron chi connectivity index (χ3n) is 3.57. The Morgan fingerprint density at radius 2 is 2.41 bits per heavy atom. The van der Waals surface area contributed by atoms with E-state index in [-0.39, 0.29) is 18.1 Å². The lowest BCUT2D eigenvalue weighted by atomic mass is 10.0. The number of β-amino-alcohol motifs (C(OH)–C–C–N with tert-alkyl or cyclic N) is 1. The minimum absolute atomic E-state index is 0.0899. The van der Waals surface area contributed by atoms with Crippen LogP contribution in [-0.2, 0) is 9.53 Å². The van der Waals surface area contributed by atoms with Crippen LogP contribution >= 0.6 is 0 Å². The summed E-state index contributed by atoms with van der Waals surface area (Å²) in [7, 11) is 1.84. The third kappa shape index (κ3) is 3.40. The van der Waals surface area contributed by atoms with Crippen LogP contribution in [0.25, 0.3) is 0 Å². The standard InChI is InChI=1S/C12H22N2O3/c1-14(7-9-3-2-4-17-8-9)12(16)11-5-10(15)6-13-11/h9-11,13,15H,2-8H2,1H3. The molecule has 0 aromatic heterocycles. The molecule has 2 rings (SSSR count). The van der Waals surface area contributed by atoms with Gasteiger partial charge in [0, 0.05) is 26.7 Å². The van der Waals surface area contributed by atoms with Crippen molar-refractivity contribution in [1.29, 1.82) is 0 Å². The molecule has 0 aliphatic carbocycles. The van der Waals surface area contributed by atoms with Gasteiger partial charge in [-0.15, -0.1) is 0 Å². The summed E-state index contributed by atoms with van der Waals surface area (Å²) in [6, 6.07) is -0.209. The van der Waals surface area contributed by atoms with Gasteiger partial charge in [-0.2, -0.15) is 0 Å². The predicted octanol–water partition coefficient (Wildman–Crippen LogP) is -0.406. The molecule has 3 unspecified atom stereocenters. The van der Waals surface area contributed by atoms with Gasteiger partial charge in [-0.1, -0.05) is 0 Å². The van der Waals surface area contributed by atoms with Gasteiger partial charge in [0.2, 0.25) is 5.91 Å². The van der Waals surface area contributed by atoms with E-state index in [0.717, 1.165) is 32.6 Å². The van der Waals surface area contributed by atoms with Crippen molar-refractivity contribution in [3.8, 4) is 0 Å². The number of ether oxygens (including phenoxy) is 1. The molecule has 0 spiro atoms. The zero-order valence-corrected chi connectivity index (χ0v) is 10.4. The minimum atomic E-state index is -0.379. The molecule has 17 heavy (non-hydrogen) atoms. The predicted molar refractivity (Wildman–Crippen MR) is 63.6 cm³/mol. The molecule has 1 amide bonds. The Hall–Kier alpha value is -0.650. The molecule has 0 saturated carbocycles. The van der Waals surface area contributed by atoms with Crippen LogP contribution in [0, 0.1) is 5.92 Å². The Bertz CT molecular complexity index is 266. The van der Waals surface area contributed by atoms with E-state index >= 15 is 0 Å². The topological polar surface area (TPSA) is 61.8 Å². The van der Waals surface area contributed by atoms with Crippen LogP contribution in [0.2, 0.25) is 0 Å². The molecule has 0 aromatic rings. The lowest BCUT2D eigenvalue weighted by molar-refractivity contribution is -0.133. The summed E-state index contributed by atoms with van der Waals surface area (Å²) in [5.74, 6) is 0.552. The quantitative estimate of drug-likeness (QED) is 0.706. The largest absolute Gasteiger partial charge is 0.392 e. The fourth-order valence-corrected chi connectivity index (χ4v) is 2.60. The van der Waals surface area contributed by atoms with Gasteiger partial charge in [0.15, 0.2) is 0 Å². The van der Waals surface area contributed by atoms with E-state index in [1.54, 1.807) is 4.90 Å². The fourth-order valence-electron chi connectivity index (χ4n) is 2.60. The van der Waals surface area contributed by atoms with Gasteiger partial charge in [0.1, 0.15) is 0 Å². The van der Waals surface area contributed by atoms with Crippen molar-refractivity contribution in [1.82, 2.24) is 10.2 Å². The summed E-state index contributed by atoms with van der Waals surface area (Å²) < 4.78 is 5.41. The molecule has 0 bridgehead atoms. The number of carbonyl (C=O) groups excluding carboxylic acids is 1. The lowest BCUT2D eigenvalue weighted by Gasteiger charge is -2.28. The molecule has 2 heterocycles. The SMILES string of the molecule is CN(CC1CCCOC1)C(=O)C1CC(O)CN1. The van der Waals surface area contributed by atoms with Crippen molar-refractivity contribution in [2.24, 2.45) is 5.92 Å². The molecule has 98 valence electrons. The van der Waals surface area contributed by atoms with Crippen molar-refractivity contribution in [3.63, 3.8) is 0 Å². The number of rotatable bonds is 3. The second-order valence-electron chi connectivity index (χ2n) is 5.15. The molecule has 2 fully saturated rings. The lowest BCUT2D eigenvalue weighted by Crippen LogP contribution is -2.44. The fraction of sp³-hybridized carbons (Fsp3) is 0.917. The van der Waals surface area contributed by atoms with E-state index in [9.17, 15) is 9.90 Å². The zero-order valence-electron chi connectivity index (χ0n) is 10.4. The molecular weight excluding hydrogens is 220 g/mol. The van der Waals surface area contributed by atoms with Crippen molar-refractivity contribution >= 4 is 5.91 Å². The van der Waals surface area contributed by atoms with Crippen LogP contribution in [0.4, 0.5) is 0 Å². The first-order valence-corrected chi connectivity index (χ1v) is 6.41. The summed E-state index contributed by atoms with van der Waals surface area (Å²) in [4.78, 5) is 13.8. The number of nitrogens with zero attached hydrogens (tertiary/aromatic N) is 1. The maximum atomic E-state index is 12.1. The first kappa shape index (κ1) is 12.8. The van der Waals surface area contributed by atoms with Gasteiger partial charge in [0.25, 0.3) is 0 Å². The highest BCUT2D eigenvalue weighted by Gasteiger charge is 2.30. The van der Waals surface area contributed by atoms with Crippen LogP contribution in [0.3, 0.4) is 0 Å². The molecule has 2 N–H and O–H groups in total. The van der Waals surface area contributed by atoms with Crippen LogP contribution in [0.15, 0.2) is 0 Å². The van der Waals surface area contributed by atoms with E-state index in [4.69, 9.17) is 4.74 Å². The van der Waals surface area contributed by atoms with E-state index in [1.165, 1.54) is 0 Å². The maximum Gasteiger partial charge on any atom is 0.239 e. The minimum Gasteiger partial charge on any atom is -0.392 e. The second kappa shape index (κ2) is 5.80. The summed E-state index contributed by atoms with van der Waals surface area (Å²) in [5, 5.41) is 12.5. The van der Waals surface area contributed by atoms with Crippen LogP contribution in [0.1, 0.15) is 19.3 Å². The van der Waals surface area contributed by atoms with Crippen molar-refractivity contribution in [3.05, 3.63) is 0 Å². The van der Waals surface area contributed by atoms with Gasteiger partial charge in [0.05, 0.1) is 18.8 Å². The van der Waals surface area contributed by atoms with Crippen molar-refractivity contribution in [2.75, 3.05) is 33.4 Å². The van der Waals surface area contributed by atoms with Crippen molar-refractivity contribution < 1.29 is 14.6 Å². The van der Waals surface area contributed by atoms with E-state index in [2.05, 4.69) is 5.32 Å². The molecular formula is C12H22N2O3. The van der Waals surface area contributed by atoms with Crippen LogP contribution in [-0.4, -0.2) is 61.4 Å². The third-order valence-corrected chi connectivity index (χ3v) is 3.57. The molecule has 2 aliphatic heterocycles. The molecule has 3 atom stereocenters. The average Bonchev–Trinajstić information content (AvgIpc) is 2.76. The number of aliphatic hydroxyl groups excluding tert-OH is 1. The zero-order chi connectivity index (χ0) is 12.3. The number of nitrogens with one attached hydrogen (secondary N) is 1. The number of hydrogen-bond donors (Lipinski definition) is 2. The first-order chi connectivity index (χ1) is 8.16. The molecule has 2 saturated heterocycles. The summed E-state index contributed by atoms with van der Waals surface area (Å²) in [6.45, 7) is 2.90. The highest BCUT2D eigenvalue weighted by Crippen LogP contribution is 2.16. The normalized spacial score (nSPS) is 33.6. The Morgan fingerprint density at radius 1 is 1.59 bits per heavy atom. The highest BCUT2D eigenvalue weighted by molar-refractivity contribution is 5.82. The van der Waals surface area contributed by atoms with E-state index in [1.807, 2.05) is 7.05 Å². The van der Waals surface area contributed by atoms with Gasteiger partial charge in [-0.25, -0.2) is 0 Å². The Kier molecular flexibility index (Phi) is 4.36. The number of amides is 1. The number of aliphatic hydroxyl groups is 1. The van der Waals surface area contributed by atoms with Crippen LogP contribution < -0.4 is 5.32 Å². The Morgan fingerprint density at radius 3 is 3.00 bits per heavy atom. The number of hydrogen-bond acceptors (Lipinski definition) is 4. The Labute approximate surface area is 102 Å². The molecule has 2 aliphatic rings. The molecule has 0 radical (unpaired) electrons. The van der Waals surface area contributed by atoms with Gasteiger partial charge >= 0.3 is 0 Å². The number of carbonyl (C=O) groups is 1. The van der Waals surface area contributed by atoms with Gasteiger partial charge in [-0.3, -0.25) is 4.79 Å². The van der Waals surface area contributed by atoms with E-state index in [0.29, 0.717) is 18.9 Å². The van der Waals surface area contributed by atoms with E-state index < -0.39 is 0 Å². The summed E-state index contributed by atoms with van der Waals surface area (Å²) in [6.07, 6.45) is 2.38. The first-order valence-electron chi connectivity index (χ1n) is 6.41. The second-order valence-corrected chi connectivity index (χ2v) is 5.15. The molecule has 5 nitrogen and oxygen atoms in total. The average molecular weight is 242 g/mol. The smallest absolute Gasteiger partial charge is 0.239 e. The van der Waals surface area contributed by atoms with Crippen molar-refractivity contribution in [2.45, 2.75) is 31.4 Å². The summed E-state index contributed by atoms with van der Waals surface area (Å²) >= 11 is 0. The monoisotopic (exact) mass is 242 g/mol. The maximum absolute atomic E-state index is 12.1.